The molecule has 0 unspecified atom stereocenters. The molecule has 29 heavy (non-hydrogen) atoms. The number of carbonyl (C=O) groups is 1. The SMILES string of the molecule is CCCCCCCCCCCCCCCCN=C1CC(=O)N(c2ccccc2)N1. The zero-order valence-corrected chi connectivity index (χ0v) is 18.5. The van der Waals surface area contributed by atoms with Crippen molar-refractivity contribution in [3.63, 3.8) is 0 Å². The second kappa shape index (κ2) is 15.1. The standard InChI is InChI=1S/C25H41N3O/c1-2-3-4-5-6-7-8-9-10-11-12-13-14-18-21-26-24-22-25(29)28(27-24)23-19-16-15-17-20-23/h15-17,19-20H,2-14,18,21-22H2,1H3,(H,26,27). The smallest absolute Gasteiger partial charge is 0.253 e. The quantitative estimate of drug-likeness (QED) is 0.310. The first kappa shape index (κ1) is 23.4. The molecular formula is C25H41N3O. The number of anilines is 1. The zero-order valence-electron chi connectivity index (χ0n) is 18.5. The minimum absolute atomic E-state index is 0.0657. The molecule has 0 aromatic heterocycles. The Morgan fingerprint density at radius 3 is 1.86 bits per heavy atom. The maximum absolute atomic E-state index is 12.1. The number of amides is 1. The Morgan fingerprint density at radius 1 is 0.793 bits per heavy atom. The molecule has 0 aliphatic carbocycles. The molecule has 1 amide bonds. The predicted molar refractivity (Wildman–Crippen MR) is 124 cm³/mol. The van der Waals surface area contributed by atoms with Gasteiger partial charge >= 0.3 is 0 Å². The number of unbranched alkanes of at least 4 members (excludes halogenated alkanes) is 13. The summed E-state index contributed by atoms with van der Waals surface area (Å²) in [6.07, 6.45) is 19.5. The fourth-order valence-corrected chi connectivity index (χ4v) is 3.85. The third kappa shape index (κ3) is 9.96. The van der Waals surface area contributed by atoms with E-state index in [0.29, 0.717) is 6.42 Å². The Kier molecular flexibility index (Phi) is 12.2. The molecule has 0 bridgehead atoms. The highest BCUT2D eigenvalue weighted by atomic mass is 16.2. The molecule has 1 heterocycles. The van der Waals surface area contributed by atoms with Gasteiger partial charge in [0.1, 0.15) is 5.84 Å². The number of para-hydroxylation sites is 1. The van der Waals surface area contributed by atoms with Gasteiger partial charge in [-0.05, 0) is 18.6 Å². The maximum atomic E-state index is 12.1. The van der Waals surface area contributed by atoms with E-state index < -0.39 is 0 Å². The minimum atomic E-state index is 0.0657. The van der Waals surface area contributed by atoms with Crippen LogP contribution in [0.5, 0.6) is 0 Å². The summed E-state index contributed by atoms with van der Waals surface area (Å²) in [6.45, 7) is 3.10. The highest BCUT2D eigenvalue weighted by Gasteiger charge is 2.26. The van der Waals surface area contributed by atoms with Crippen LogP contribution in [0.25, 0.3) is 0 Å². The lowest BCUT2D eigenvalue weighted by Gasteiger charge is -2.15. The van der Waals surface area contributed by atoms with Gasteiger partial charge in [-0.1, -0.05) is 109 Å². The molecule has 4 nitrogen and oxygen atoms in total. The summed E-state index contributed by atoms with van der Waals surface area (Å²) in [6, 6.07) is 9.69. The van der Waals surface area contributed by atoms with E-state index in [-0.39, 0.29) is 5.91 Å². The molecule has 1 saturated heterocycles. The van der Waals surface area contributed by atoms with Crippen LogP contribution in [0, 0.1) is 0 Å². The van der Waals surface area contributed by atoms with Gasteiger partial charge in [-0.3, -0.25) is 15.2 Å². The first-order chi connectivity index (χ1) is 14.3. The van der Waals surface area contributed by atoms with Crippen LogP contribution in [0.15, 0.2) is 35.3 Å². The van der Waals surface area contributed by atoms with Crippen molar-refractivity contribution in [1.82, 2.24) is 5.43 Å². The van der Waals surface area contributed by atoms with Gasteiger partial charge in [0.25, 0.3) is 5.91 Å². The molecule has 0 saturated carbocycles. The molecule has 1 aliphatic rings. The number of amidine groups is 1. The lowest BCUT2D eigenvalue weighted by atomic mass is 10.0. The Morgan fingerprint density at radius 2 is 1.31 bits per heavy atom. The molecule has 1 aromatic rings. The van der Waals surface area contributed by atoms with Crippen LogP contribution in [0.4, 0.5) is 5.69 Å². The van der Waals surface area contributed by atoms with E-state index in [4.69, 9.17) is 0 Å². The fourth-order valence-electron chi connectivity index (χ4n) is 3.85. The molecule has 0 spiro atoms. The lowest BCUT2D eigenvalue weighted by Crippen LogP contribution is -2.35. The van der Waals surface area contributed by atoms with E-state index in [1.54, 1.807) is 5.01 Å². The van der Waals surface area contributed by atoms with Gasteiger partial charge in [-0.15, -0.1) is 0 Å². The van der Waals surface area contributed by atoms with Crippen LogP contribution >= 0.6 is 0 Å². The number of hydrazine groups is 1. The summed E-state index contributed by atoms with van der Waals surface area (Å²) >= 11 is 0. The van der Waals surface area contributed by atoms with E-state index in [1.807, 2.05) is 30.3 Å². The molecular weight excluding hydrogens is 358 g/mol. The first-order valence-corrected chi connectivity index (χ1v) is 12.0. The Labute approximate surface area is 178 Å². The summed E-state index contributed by atoms with van der Waals surface area (Å²) in [5, 5.41) is 1.60. The largest absolute Gasteiger partial charge is 0.278 e. The number of nitrogens with one attached hydrogen (secondary N) is 1. The van der Waals surface area contributed by atoms with Crippen LogP contribution in [0.1, 0.15) is 103 Å². The van der Waals surface area contributed by atoms with Crippen LogP contribution in [-0.4, -0.2) is 18.3 Å². The van der Waals surface area contributed by atoms with E-state index in [9.17, 15) is 4.79 Å². The average Bonchev–Trinajstić information content (AvgIpc) is 3.12. The van der Waals surface area contributed by atoms with Crippen molar-refractivity contribution < 1.29 is 4.79 Å². The summed E-state index contributed by atoms with van der Waals surface area (Å²) in [4.78, 5) is 16.7. The lowest BCUT2D eigenvalue weighted by molar-refractivity contribution is -0.116. The van der Waals surface area contributed by atoms with Crippen LogP contribution in [0.2, 0.25) is 0 Å². The molecule has 1 N–H and O–H groups in total. The molecule has 2 rings (SSSR count). The number of benzene rings is 1. The molecule has 1 aromatic carbocycles. The number of hydrogen-bond acceptors (Lipinski definition) is 2. The van der Waals surface area contributed by atoms with E-state index >= 15 is 0 Å². The van der Waals surface area contributed by atoms with Crippen molar-refractivity contribution in [2.24, 2.45) is 4.99 Å². The molecule has 4 heteroatoms. The van der Waals surface area contributed by atoms with E-state index in [0.717, 1.165) is 24.5 Å². The molecule has 1 fully saturated rings. The summed E-state index contributed by atoms with van der Waals surface area (Å²) in [5.41, 5.74) is 4.01. The third-order valence-corrected chi connectivity index (χ3v) is 5.64. The Bertz CT molecular complexity index is 585. The summed E-state index contributed by atoms with van der Waals surface area (Å²) in [7, 11) is 0. The summed E-state index contributed by atoms with van der Waals surface area (Å²) in [5.74, 6) is 0.865. The fraction of sp³-hybridized carbons (Fsp3) is 0.680. The molecule has 0 radical (unpaired) electrons. The normalized spacial score (nSPS) is 15.3. The van der Waals surface area contributed by atoms with Crippen LogP contribution in [-0.2, 0) is 4.79 Å². The maximum Gasteiger partial charge on any atom is 0.253 e. The number of carbonyl (C=O) groups excluding carboxylic acids is 1. The van der Waals surface area contributed by atoms with Gasteiger partial charge in [-0.25, -0.2) is 5.01 Å². The molecule has 0 atom stereocenters. The van der Waals surface area contributed by atoms with Crippen molar-refractivity contribution in [3.05, 3.63) is 30.3 Å². The third-order valence-electron chi connectivity index (χ3n) is 5.64. The van der Waals surface area contributed by atoms with Crippen LogP contribution < -0.4 is 10.4 Å². The number of hydrogen-bond donors (Lipinski definition) is 1. The monoisotopic (exact) mass is 399 g/mol. The van der Waals surface area contributed by atoms with Gasteiger partial charge in [0.2, 0.25) is 0 Å². The minimum Gasteiger partial charge on any atom is -0.278 e. The average molecular weight is 400 g/mol. The van der Waals surface area contributed by atoms with Crippen molar-refractivity contribution in [3.8, 4) is 0 Å². The van der Waals surface area contributed by atoms with Gasteiger partial charge in [0.15, 0.2) is 0 Å². The topological polar surface area (TPSA) is 44.7 Å². The molecule has 1 aliphatic heterocycles. The van der Waals surface area contributed by atoms with Crippen molar-refractivity contribution in [2.45, 2.75) is 103 Å². The summed E-state index contributed by atoms with van der Waals surface area (Å²) < 4.78 is 0. The first-order valence-electron chi connectivity index (χ1n) is 12.0. The predicted octanol–water partition coefficient (Wildman–Crippen LogP) is 6.81. The molecule has 162 valence electrons. The van der Waals surface area contributed by atoms with Crippen molar-refractivity contribution in [1.29, 1.82) is 0 Å². The van der Waals surface area contributed by atoms with E-state index in [2.05, 4.69) is 17.3 Å². The highest BCUT2D eigenvalue weighted by Crippen LogP contribution is 2.16. The van der Waals surface area contributed by atoms with Gasteiger partial charge in [0, 0.05) is 6.54 Å². The van der Waals surface area contributed by atoms with Crippen molar-refractivity contribution >= 4 is 17.4 Å². The number of rotatable bonds is 16. The Balaban J connectivity index is 1.41. The Hall–Kier alpha value is -1.84. The van der Waals surface area contributed by atoms with Gasteiger partial charge in [-0.2, -0.15) is 0 Å². The highest BCUT2D eigenvalue weighted by molar-refractivity contribution is 6.13. The van der Waals surface area contributed by atoms with Gasteiger partial charge < -0.3 is 0 Å². The number of nitrogens with zero attached hydrogens (tertiary/aromatic N) is 2. The second-order valence-electron chi connectivity index (χ2n) is 8.28. The number of aliphatic imine (C=N–C) groups is 1. The van der Waals surface area contributed by atoms with Gasteiger partial charge in [0.05, 0.1) is 12.1 Å². The van der Waals surface area contributed by atoms with Crippen molar-refractivity contribution in [2.75, 3.05) is 11.6 Å². The second-order valence-corrected chi connectivity index (χ2v) is 8.28. The van der Waals surface area contributed by atoms with E-state index in [1.165, 1.54) is 83.5 Å². The van der Waals surface area contributed by atoms with Crippen LogP contribution in [0.3, 0.4) is 0 Å². The zero-order chi connectivity index (χ0) is 20.6.